The van der Waals surface area contributed by atoms with Crippen LogP contribution >= 0.6 is 0 Å². The van der Waals surface area contributed by atoms with Crippen LogP contribution in [0.2, 0.25) is 0 Å². The predicted octanol–water partition coefficient (Wildman–Crippen LogP) is 5.23. The van der Waals surface area contributed by atoms with Crippen molar-refractivity contribution in [3.63, 3.8) is 0 Å². The van der Waals surface area contributed by atoms with Crippen molar-refractivity contribution in [1.82, 2.24) is 0 Å². The lowest BCUT2D eigenvalue weighted by molar-refractivity contribution is -0.188. The van der Waals surface area contributed by atoms with Gasteiger partial charge in [0.25, 0.3) is 0 Å². The summed E-state index contributed by atoms with van der Waals surface area (Å²) in [6.45, 7) is 5.51. The van der Waals surface area contributed by atoms with Crippen molar-refractivity contribution >= 4 is 11.9 Å². The van der Waals surface area contributed by atoms with Crippen molar-refractivity contribution < 1.29 is 33.3 Å². The molecule has 0 aromatic carbocycles. The van der Waals surface area contributed by atoms with Gasteiger partial charge in [-0.3, -0.25) is 0 Å². The molecule has 176 valence electrons. The monoisotopic (exact) mass is 454 g/mol. The van der Waals surface area contributed by atoms with Crippen molar-refractivity contribution in [2.75, 3.05) is 7.11 Å². The van der Waals surface area contributed by atoms with E-state index < -0.39 is 11.8 Å². The second-order valence-electron chi connectivity index (χ2n) is 8.38. The maximum atomic E-state index is 12.3. The summed E-state index contributed by atoms with van der Waals surface area (Å²) in [6, 6.07) is 1.82. The third-order valence-electron chi connectivity index (χ3n) is 5.60. The molecule has 33 heavy (non-hydrogen) atoms. The summed E-state index contributed by atoms with van der Waals surface area (Å²) in [6.07, 6.45) is 15.2. The number of furan rings is 1. The topological polar surface area (TPSA) is 95.2 Å². The minimum absolute atomic E-state index is 0.0840. The molecule has 0 fully saturated rings. The van der Waals surface area contributed by atoms with Crippen LogP contribution in [0.5, 0.6) is 0 Å². The minimum Gasteiger partial charge on any atom is -0.504 e. The highest BCUT2D eigenvalue weighted by Gasteiger charge is 2.40. The van der Waals surface area contributed by atoms with Crippen LogP contribution in [-0.4, -0.2) is 29.9 Å². The quantitative estimate of drug-likeness (QED) is 0.382. The number of hydrogen-bond donors (Lipinski definition) is 1. The second kappa shape index (κ2) is 10.5. The molecule has 2 atom stereocenters. The lowest BCUT2D eigenvalue weighted by Gasteiger charge is -2.23. The Balaban J connectivity index is 1.50. The van der Waals surface area contributed by atoms with E-state index in [1.807, 2.05) is 32.1 Å². The predicted molar refractivity (Wildman–Crippen MR) is 122 cm³/mol. The van der Waals surface area contributed by atoms with Gasteiger partial charge >= 0.3 is 11.9 Å². The Morgan fingerprint density at radius 1 is 1.30 bits per heavy atom. The number of rotatable bonds is 10. The molecule has 1 aromatic rings. The van der Waals surface area contributed by atoms with E-state index in [4.69, 9.17) is 18.6 Å². The summed E-state index contributed by atoms with van der Waals surface area (Å²) >= 11 is 0. The van der Waals surface area contributed by atoms with Crippen molar-refractivity contribution in [3.8, 4) is 0 Å². The van der Waals surface area contributed by atoms with Crippen molar-refractivity contribution in [2.24, 2.45) is 5.92 Å². The highest BCUT2D eigenvalue weighted by atomic mass is 16.7. The van der Waals surface area contributed by atoms with Crippen molar-refractivity contribution in [3.05, 3.63) is 82.8 Å². The largest absolute Gasteiger partial charge is 0.504 e. The molecule has 2 aliphatic rings. The van der Waals surface area contributed by atoms with E-state index in [9.17, 15) is 14.7 Å². The Hall–Kier alpha value is -3.32. The number of carbonyl (C=O) groups is 2. The number of ether oxygens (including phenoxy) is 3. The average molecular weight is 455 g/mol. The molecule has 1 N–H and O–H groups in total. The number of methoxy groups -OCH3 is 1. The first-order chi connectivity index (χ1) is 15.7. The van der Waals surface area contributed by atoms with Gasteiger partial charge in [0.1, 0.15) is 0 Å². The lowest BCUT2D eigenvalue weighted by atomic mass is 10.0. The number of aliphatic hydroxyl groups is 1. The smallest absolute Gasteiger partial charge is 0.343 e. The number of aliphatic hydroxyl groups excluding tert-OH is 1. The van der Waals surface area contributed by atoms with E-state index in [0.717, 1.165) is 17.6 Å². The van der Waals surface area contributed by atoms with Gasteiger partial charge in [-0.2, -0.15) is 0 Å². The van der Waals surface area contributed by atoms with Gasteiger partial charge in [0.15, 0.2) is 11.5 Å². The molecule has 0 aliphatic carbocycles. The van der Waals surface area contributed by atoms with Gasteiger partial charge in [-0.15, -0.1) is 0 Å². The fourth-order valence-corrected chi connectivity index (χ4v) is 3.63. The van der Waals surface area contributed by atoms with Crippen LogP contribution in [0, 0.1) is 5.92 Å². The third kappa shape index (κ3) is 6.14. The van der Waals surface area contributed by atoms with E-state index in [-0.39, 0.29) is 29.0 Å². The lowest BCUT2D eigenvalue weighted by Crippen LogP contribution is -2.33. The van der Waals surface area contributed by atoms with Gasteiger partial charge in [-0.25, -0.2) is 9.59 Å². The van der Waals surface area contributed by atoms with Crippen molar-refractivity contribution in [1.29, 1.82) is 0 Å². The highest BCUT2D eigenvalue weighted by Crippen LogP contribution is 2.31. The molecule has 7 heteroatoms. The van der Waals surface area contributed by atoms with E-state index in [2.05, 4.69) is 6.08 Å². The van der Waals surface area contributed by atoms with E-state index in [1.54, 1.807) is 24.7 Å². The van der Waals surface area contributed by atoms with Crippen molar-refractivity contribution in [2.45, 2.75) is 52.2 Å². The first kappa shape index (κ1) is 24.3. The summed E-state index contributed by atoms with van der Waals surface area (Å²) < 4.78 is 21.2. The first-order valence-corrected chi connectivity index (χ1v) is 10.9. The fourth-order valence-electron chi connectivity index (χ4n) is 3.63. The molecule has 7 nitrogen and oxygen atoms in total. The van der Waals surface area contributed by atoms with Crippen LogP contribution in [0.4, 0.5) is 0 Å². The van der Waals surface area contributed by atoms with E-state index >= 15 is 0 Å². The molecule has 2 aliphatic heterocycles. The van der Waals surface area contributed by atoms with Crippen LogP contribution in [0.1, 0.15) is 45.6 Å². The Bertz CT molecular complexity index is 1040. The van der Waals surface area contributed by atoms with Gasteiger partial charge in [-0.05, 0) is 62.8 Å². The third-order valence-corrected chi connectivity index (χ3v) is 5.60. The highest BCUT2D eigenvalue weighted by molar-refractivity contribution is 5.93. The van der Waals surface area contributed by atoms with Gasteiger partial charge in [0.05, 0.1) is 18.1 Å². The number of carbonyl (C=O) groups excluding carboxylic acids is 2. The Morgan fingerprint density at radius 3 is 2.73 bits per heavy atom. The molecule has 0 spiro atoms. The van der Waals surface area contributed by atoms with Crippen LogP contribution in [0.3, 0.4) is 0 Å². The number of hydrogen-bond acceptors (Lipinski definition) is 7. The second-order valence-corrected chi connectivity index (χ2v) is 8.38. The molecule has 0 bridgehead atoms. The zero-order valence-corrected chi connectivity index (χ0v) is 19.4. The van der Waals surface area contributed by atoms with Crippen LogP contribution in [0.15, 0.2) is 81.6 Å². The van der Waals surface area contributed by atoms with Crippen LogP contribution in [0.25, 0.3) is 0 Å². The van der Waals surface area contributed by atoms with E-state index in [0.29, 0.717) is 24.8 Å². The summed E-state index contributed by atoms with van der Waals surface area (Å²) in [5.41, 5.74) is 2.79. The minimum atomic E-state index is -1.09. The fraction of sp³-hybridized carbons (Fsp3) is 0.385. The summed E-state index contributed by atoms with van der Waals surface area (Å²) in [7, 11) is 1.52. The van der Waals surface area contributed by atoms with Gasteiger partial charge in [0.2, 0.25) is 5.79 Å². The molecular weight excluding hydrogens is 424 g/mol. The molecule has 0 radical (unpaired) electrons. The normalized spacial score (nSPS) is 23.5. The average Bonchev–Trinajstić information content (AvgIpc) is 3.45. The molecule has 0 amide bonds. The maximum absolute atomic E-state index is 12.3. The molecule has 0 saturated heterocycles. The number of allylic oxidation sites excluding steroid dienone is 5. The Morgan fingerprint density at radius 2 is 2.09 bits per heavy atom. The van der Waals surface area contributed by atoms with Gasteiger partial charge in [0, 0.05) is 19.1 Å². The van der Waals surface area contributed by atoms with Crippen LogP contribution < -0.4 is 0 Å². The van der Waals surface area contributed by atoms with E-state index in [1.165, 1.54) is 14.0 Å². The zero-order valence-electron chi connectivity index (χ0n) is 19.4. The summed E-state index contributed by atoms with van der Waals surface area (Å²) in [5.74, 6) is -1.73. The molecule has 2 unspecified atom stereocenters. The van der Waals surface area contributed by atoms with Gasteiger partial charge < -0.3 is 23.7 Å². The summed E-state index contributed by atoms with van der Waals surface area (Å²) in [4.78, 5) is 23.8. The van der Waals surface area contributed by atoms with Crippen LogP contribution in [-0.2, 0) is 30.2 Å². The number of cyclic esters (lactones) is 2. The molecule has 3 rings (SSSR count). The summed E-state index contributed by atoms with van der Waals surface area (Å²) in [5, 5.41) is 9.90. The Kier molecular flexibility index (Phi) is 7.76. The SMILES string of the molecule is COC1(Cc2ccoc2)C=C(CC/C=C(C)/C=C/CC(C)/C=C2/OC(=O)C(C)=C2O)C(=O)O1. The zero-order chi connectivity index (χ0) is 24.0. The number of esters is 2. The Labute approximate surface area is 193 Å². The maximum Gasteiger partial charge on any atom is 0.343 e. The van der Waals surface area contributed by atoms with Gasteiger partial charge in [-0.1, -0.05) is 30.7 Å². The molecular formula is C26H30O7. The molecule has 3 heterocycles. The molecule has 0 saturated carbocycles. The standard InChI is InChI=1S/C26H30O7/c1-17(7-5-9-18(2)13-22-23(27)19(3)24(28)32-22)8-6-10-21-15-26(30-4,33-25(21)29)14-20-11-12-31-16-20/h5,7-8,11-13,15-16,18,27H,6,9-10,14H2,1-4H3/b7-5+,17-8+,22-13+. The molecule has 1 aromatic heterocycles. The first-order valence-electron chi connectivity index (χ1n) is 10.9.